The van der Waals surface area contributed by atoms with E-state index >= 15 is 0 Å². The Morgan fingerprint density at radius 3 is 2.60 bits per heavy atom. The summed E-state index contributed by atoms with van der Waals surface area (Å²) in [6.07, 6.45) is 0. The van der Waals surface area contributed by atoms with Crippen LogP contribution in [0.25, 0.3) is 0 Å². The lowest BCUT2D eigenvalue weighted by atomic mass is 9.95. The van der Waals surface area contributed by atoms with Crippen LogP contribution in [0.3, 0.4) is 0 Å². The van der Waals surface area contributed by atoms with E-state index in [4.69, 9.17) is 4.74 Å². The Kier molecular flexibility index (Phi) is 7.00. The zero-order valence-corrected chi connectivity index (χ0v) is 14.9. The van der Waals surface area contributed by atoms with Crippen LogP contribution < -0.4 is 10.2 Å². The summed E-state index contributed by atoms with van der Waals surface area (Å²) >= 11 is 3.57. The molecule has 0 atom stereocenters. The van der Waals surface area contributed by atoms with E-state index in [1.807, 2.05) is 0 Å². The smallest absolute Gasteiger partial charge is 0.0587 e. The van der Waals surface area contributed by atoms with E-state index in [-0.39, 0.29) is 5.41 Å². The first-order valence-electron chi connectivity index (χ1n) is 7.03. The van der Waals surface area contributed by atoms with E-state index in [2.05, 4.69) is 72.2 Å². The Hall–Kier alpha value is -0.580. The van der Waals surface area contributed by atoms with E-state index in [1.165, 1.54) is 11.3 Å². The van der Waals surface area contributed by atoms with Gasteiger partial charge in [-0.3, -0.25) is 0 Å². The minimum Gasteiger partial charge on any atom is -0.383 e. The normalized spacial score (nSPS) is 11.7. The average molecular weight is 343 g/mol. The summed E-state index contributed by atoms with van der Waals surface area (Å²) in [7, 11) is 3.88. The number of anilines is 1. The predicted molar refractivity (Wildman–Crippen MR) is 90.4 cm³/mol. The van der Waals surface area contributed by atoms with Crippen LogP contribution in [0, 0.1) is 5.41 Å². The second kappa shape index (κ2) is 8.01. The van der Waals surface area contributed by atoms with Crippen LogP contribution in [-0.2, 0) is 11.3 Å². The van der Waals surface area contributed by atoms with E-state index < -0.39 is 0 Å². The lowest BCUT2D eigenvalue weighted by Crippen LogP contribution is -2.30. The maximum atomic E-state index is 5.06. The van der Waals surface area contributed by atoms with Gasteiger partial charge in [-0.05, 0) is 23.1 Å². The molecule has 1 aromatic rings. The highest BCUT2D eigenvalue weighted by molar-refractivity contribution is 9.10. The summed E-state index contributed by atoms with van der Waals surface area (Å²) in [5.74, 6) is 0. The van der Waals surface area contributed by atoms with Gasteiger partial charge in [0.1, 0.15) is 0 Å². The standard InChI is InChI=1S/C16H27BrN2O/c1-16(2,3)12-19(4)15-10-14(17)7-6-13(15)11-18-8-9-20-5/h6-7,10,18H,8-9,11-12H2,1-5H3. The van der Waals surface area contributed by atoms with Crippen LogP contribution in [0.4, 0.5) is 5.69 Å². The van der Waals surface area contributed by atoms with Gasteiger partial charge < -0.3 is 15.0 Å². The third-order valence-corrected chi connectivity index (χ3v) is 3.46. The highest BCUT2D eigenvalue weighted by atomic mass is 79.9. The molecule has 0 aliphatic heterocycles. The molecule has 0 unspecified atom stereocenters. The second-order valence-electron chi connectivity index (χ2n) is 6.36. The van der Waals surface area contributed by atoms with Gasteiger partial charge in [0.25, 0.3) is 0 Å². The molecule has 114 valence electrons. The van der Waals surface area contributed by atoms with E-state index in [0.717, 1.165) is 30.7 Å². The maximum absolute atomic E-state index is 5.06. The largest absolute Gasteiger partial charge is 0.383 e. The molecule has 3 nitrogen and oxygen atoms in total. The molecule has 0 saturated heterocycles. The van der Waals surface area contributed by atoms with Crippen LogP contribution in [0.15, 0.2) is 22.7 Å². The van der Waals surface area contributed by atoms with Crippen molar-refractivity contribution in [1.82, 2.24) is 5.32 Å². The maximum Gasteiger partial charge on any atom is 0.0587 e. The predicted octanol–water partition coefficient (Wildman–Crippen LogP) is 3.67. The fourth-order valence-electron chi connectivity index (χ4n) is 2.24. The number of benzene rings is 1. The third-order valence-electron chi connectivity index (χ3n) is 2.97. The Bertz CT molecular complexity index is 415. The van der Waals surface area contributed by atoms with Gasteiger partial charge in [-0.1, -0.05) is 42.8 Å². The SMILES string of the molecule is COCCNCc1ccc(Br)cc1N(C)CC(C)(C)C. The zero-order valence-electron chi connectivity index (χ0n) is 13.3. The first-order chi connectivity index (χ1) is 9.33. The number of methoxy groups -OCH3 is 1. The quantitative estimate of drug-likeness (QED) is 0.765. The first-order valence-corrected chi connectivity index (χ1v) is 7.82. The third kappa shape index (κ3) is 6.25. The van der Waals surface area contributed by atoms with Crippen molar-refractivity contribution < 1.29 is 4.74 Å². The Morgan fingerprint density at radius 1 is 1.30 bits per heavy atom. The molecule has 1 N–H and O–H groups in total. The summed E-state index contributed by atoms with van der Waals surface area (Å²) in [5, 5.41) is 3.41. The summed E-state index contributed by atoms with van der Waals surface area (Å²) in [5.41, 5.74) is 2.87. The number of nitrogens with one attached hydrogen (secondary N) is 1. The van der Waals surface area contributed by atoms with Crippen molar-refractivity contribution >= 4 is 21.6 Å². The van der Waals surface area contributed by atoms with Crippen LogP contribution in [-0.4, -0.2) is 33.9 Å². The van der Waals surface area contributed by atoms with Crippen molar-refractivity contribution in [2.45, 2.75) is 27.3 Å². The molecular weight excluding hydrogens is 316 g/mol. The highest BCUT2D eigenvalue weighted by Crippen LogP contribution is 2.27. The van der Waals surface area contributed by atoms with Crippen LogP contribution in [0.2, 0.25) is 0 Å². The minimum atomic E-state index is 0.276. The molecule has 0 bridgehead atoms. The van der Waals surface area contributed by atoms with Crippen LogP contribution >= 0.6 is 15.9 Å². The first kappa shape index (κ1) is 17.5. The van der Waals surface area contributed by atoms with Crippen molar-refractivity contribution in [3.8, 4) is 0 Å². The van der Waals surface area contributed by atoms with Crippen molar-refractivity contribution in [2.75, 3.05) is 38.8 Å². The van der Waals surface area contributed by atoms with Gasteiger partial charge in [-0.2, -0.15) is 0 Å². The van der Waals surface area contributed by atoms with Crippen molar-refractivity contribution in [2.24, 2.45) is 5.41 Å². The van der Waals surface area contributed by atoms with Gasteiger partial charge in [0.05, 0.1) is 6.61 Å². The lowest BCUT2D eigenvalue weighted by molar-refractivity contribution is 0.199. The molecule has 1 rings (SSSR count). The average Bonchev–Trinajstić information content (AvgIpc) is 2.34. The molecule has 0 fully saturated rings. The number of hydrogen-bond acceptors (Lipinski definition) is 3. The fraction of sp³-hybridized carbons (Fsp3) is 0.625. The summed E-state index contributed by atoms with van der Waals surface area (Å²) in [4.78, 5) is 2.33. The summed E-state index contributed by atoms with van der Waals surface area (Å²) in [6.45, 7) is 10.3. The summed E-state index contributed by atoms with van der Waals surface area (Å²) < 4.78 is 6.18. The molecular formula is C16H27BrN2O. The molecule has 0 spiro atoms. The molecule has 0 heterocycles. The monoisotopic (exact) mass is 342 g/mol. The number of hydrogen-bond donors (Lipinski definition) is 1. The van der Waals surface area contributed by atoms with Crippen molar-refractivity contribution in [3.63, 3.8) is 0 Å². The van der Waals surface area contributed by atoms with Crippen LogP contribution in [0.1, 0.15) is 26.3 Å². The molecule has 4 heteroatoms. The van der Waals surface area contributed by atoms with E-state index in [9.17, 15) is 0 Å². The molecule has 0 aromatic heterocycles. The molecule has 0 aliphatic rings. The topological polar surface area (TPSA) is 24.5 Å². The van der Waals surface area contributed by atoms with E-state index in [1.54, 1.807) is 7.11 Å². The molecule has 0 aliphatic carbocycles. The number of nitrogens with zero attached hydrogens (tertiary/aromatic N) is 1. The van der Waals surface area contributed by atoms with Gasteiger partial charge in [0.2, 0.25) is 0 Å². The minimum absolute atomic E-state index is 0.276. The van der Waals surface area contributed by atoms with Gasteiger partial charge >= 0.3 is 0 Å². The Balaban J connectivity index is 2.79. The Morgan fingerprint density at radius 2 is 2.00 bits per heavy atom. The highest BCUT2D eigenvalue weighted by Gasteiger charge is 2.16. The fourth-order valence-corrected chi connectivity index (χ4v) is 2.58. The van der Waals surface area contributed by atoms with Gasteiger partial charge in [-0.15, -0.1) is 0 Å². The van der Waals surface area contributed by atoms with Gasteiger partial charge in [0, 0.05) is 44.0 Å². The molecule has 1 aromatic carbocycles. The van der Waals surface area contributed by atoms with E-state index in [0.29, 0.717) is 0 Å². The Labute approximate surface area is 131 Å². The summed E-state index contributed by atoms with van der Waals surface area (Å²) in [6, 6.07) is 6.47. The lowest BCUT2D eigenvalue weighted by Gasteiger charge is -2.30. The van der Waals surface area contributed by atoms with Crippen molar-refractivity contribution in [3.05, 3.63) is 28.2 Å². The van der Waals surface area contributed by atoms with Crippen LogP contribution in [0.5, 0.6) is 0 Å². The number of halogens is 1. The molecule has 0 radical (unpaired) electrons. The van der Waals surface area contributed by atoms with Gasteiger partial charge in [0.15, 0.2) is 0 Å². The van der Waals surface area contributed by atoms with Crippen molar-refractivity contribution in [1.29, 1.82) is 0 Å². The van der Waals surface area contributed by atoms with Gasteiger partial charge in [-0.25, -0.2) is 0 Å². The number of rotatable bonds is 7. The molecule has 20 heavy (non-hydrogen) atoms. The zero-order chi connectivity index (χ0) is 15.2. The molecule has 0 saturated carbocycles. The number of ether oxygens (including phenoxy) is 1. The second-order valence-corrected chi connectivity index (χ2v) is 7.28. The molecule has 0 amide bonds.